The third kappa shape index (κ3) is 3.31. The summed E-state index contributed by atoms with van der Waals surface area (Å²) in [5.74, 6) is -0.530. The van der Waals surface area contributed by atoms with Gasteiger partial charge >= 0.3 is 5.76 Å². The van der Waals surface area contributed by atoms with Crippen LogP contribution >= 0.6 is 27.3 Å². The van der Waals surface area contributed by atoms with Gasteiger partial charge in [0.1, 0.15) is 0 Å². The van der Waals surface area contributed by atoms with E-state index in [0.717, 1.165) is 8.66 Å². The molecule has 3 aromatic rings. The Morgan fingerprint density at radius 2 is 2.09 bits per heavy atom. The van der Waals surface area contributed by atoms with Gasteiger partial charge in [0, 0.05) is 17.8 Å². The second kappa shape index (κ2) is 6.50. The van der Waals surface area contributed by atoms with Crippen molar-refractivity contribution >= 4 is 44.3 Å². The van der Waals surface area contributed by atoms with Crippen molar-refractivity contribution < 1.29 is 9.21 Å². The minimum atomic E-state index is -0.434. The Kier molecular flexibility index (Phi) is 4.44. The van der Waals surface area contributed by atoms with E-state index in [2.05, 4.69) is 21.2 Å². The zero-order valence-corrected chi connectivity index (χ0v) is 13.9. The van der Waals surface area contributed by atoms with Crippen LogP contribution in [0.25, 0.3) is 11.1 Å². The van der Waals surface area contributed by atoms with Gasteiger partial charge in [0.25, 0.3) is 0 Å². The number of thiophene rings is 1. The fourth-order valence-electron chi connectivity index (χ4n) is 2.16. The number of carbonyl (C=O) groups excluding carboxylic acids is 1. The van der Waals surface area contributed by atoms with E-state index in [9.17, 15) is 9.59 Å². The van der Waals surface area contributed by atoms with Crippen LogP contribution in [0.5, 0.6) is 0 Å². The van der Waals surface area contributed by atoms with Crippen molar-refractivity contribution in [3.63, 3.8) is 0 Å². The molecule has 2 heterocycles. The Morgan fingerprint density at radius 3 is 2.86 bits per heavy atom. The number of halogens is 1. The minimum absolute atomic E-state index is 0.0956. The highest BCUT2D eigenvalue weighted by atomic mass is 79.9. The number of carbonyl (C=O) groups is 1. The van der Waals surface area contributed by atoms with Crippen LogP contribution in [0.15, 0.2) is 49.4 Å². The van der Waals surface area contributed by atoms with Gasteiger partial charge in [-0.25, -0.2) is 4.79 Å². The molecule has 0 radical (unpaired) electrons. The lowest BCUT2D eigenvalue weighted by Gasteiger charge is -2.04. The number of hydrogen-bond donors (Lipinski definition) is 1. The molecule has 1 amide bonds. The fraction of sp³-hybridized carbons (Fsp3) is 0.200. The lowest BCUT2D eigenvalue weighted by Crippen LogP contribution is -2.25. The van der Waals surface area contributed by atoms with E-state index < -0.39 is 5.76 Å². The fourth-order valence-corrected chi connectivity index (χ4v) is 3.58. The number of aryl methyl sites for hydroxylation is 1. The summed E-state index contributed by atoms with van der Waals surface area (Å²) in [7, 11) is 0. The van der Waals surface area contributed by atoms with Crippen molar-refractivity contribution in [2.24, 2.45) is 0 Å². The van der Waals surface area contributed by atoms with Gasteiger partial charge in [0.2, 0.25) is 5.91 Å². The van der Waals surface area contributed by atoms with Crippen molar-refractivity contribution in [2.45, 2.75) is 19.5 Å². The third-order valence-corrected chi connectivity index (χ3v) is 4.85. The van der Waals surface area contributed by atoms with Gasteiger partial charge in [-0.2, -0.15) is 0 Å². The van der Waals surface area contributed by atoms with Gasteiger partial charge in [-0.3, -0.25) is 9.36 Å². The molecule has 0 bridgehead atoms. The number of nitrogens with one attached hydrogen (secondary N) is 1. The summed E-state index contributed by atoms with van der Waals surface area (Å²) >= 11 is 4.97. The Bertz CT molecular complexity index is 865. The molecule has 0 atom stereocenters. The molecule has 0 saturated heterocycles. The molecule has 0 aliphatic heterocycles. The van der Waals surface area contributed by atoms with Crippen LogP contribution in [0.3, 0.4) is 0 Å². The molecule has 1 N–H and O–H groups in total. The second-order valence-corrected chi connectivity index (χ2v) is 7.27. The number of nitrogens with zero attached hydrogens (tertiary/aromatic N) is 1. The zero-order chi connectivity index (χ0) is 15.5. The lowest BCUT2D eigenvalue weighted by atomic mass is 10.3. The summed E-state index contributed by atoms with van der Waals surface area (Å²) in [5, 5.41) is 2.85. The number of hydrogen-bond acceptors (Lipinski definition) is 4. The zero-order valence-electron chi connectivity index (χ0n) is 11.5. The van der Waals surface area contributed by atoms with E-state index in [0.29, 0.717) is 24.2 Å². The number of fused-ring (bicyclic) bond motifs is 1. The first-order valence-corrected chi connectivity index (χ1v) is 8.34. The predicted molar refractivity (Wildman–Crippen MR) is 89.0 cm³/mol. The lowest BCUT2D eigenvalue weighted by molar-refractivity contribution is -0.121. The summed E-state index contributed by atoms with van der Waals surface area (Å²) in [6.07, 6.45) is 0.232. The second-order valence-electron chi connectivity index (χ2n) is 4.72. The minimum Gasteiger partial charge on any atom is -0.408 e. The Hall–Kier alpha value is -1.86. The maximum atomic E-state index is 11.9. The highest BCUT2D eigenvalue weighted by Crippen LogP contribution is 2.21. The smallest absolute Gasteiger partial charge is 0.408 e. The third-order valence-electron chi connectivity index (χ3n) is 3.22. The summed E-state index contributed by atoms with van der Waals surface area (Å²) < 4.78 is 7.65. The number of benzene rings is 1. The maximum Gasteiger partial charge on any atom is 0.419 e. The molecule has 5 nitrogen and oxygen atoms in total. The molecule has 2 aromatic heterocycles. The van der Waals surface area contributed by atoms with Gasteiger partial charge in [-0.05, 0) is 40.2 Å². The van der Waals surface area contributed by atoms with Crippen LogP contribution in [0.2, 0.25) is 0 Å². The predicted octanol–water partition coefficient (Wildman–Crippen LogP) is 3.13. The molecule has 0 aliphatic carbocycles. The van der Waals surface area contributed by atoms with Crippen LogP contribution in [0.4, 0.5) is 0 Å². The monoisotopic (exact) mass is 380 g/mol. The molecule has 0 unspecified atom stereocenters. The van der Waals surface area contributed by atoms with Crippen molar-refractivity contribution in [1.29, 1.82) is 0 Å². The van der Waals surface area contributed by atoms with E-state index >= 15 is 0 Å². The van der Waals surface area contributed by atoms with Gasteiger partial charge in [-0.1, -0.05) is 12.1 Å². The molecule has 22 heavy (non-hydrogen) atoms. The number of rotatable bonds is 5. The molecule has 1 aromatic carbocycles. The van der Waals surface area contributed by atoms with Crippen molar-refractivity contribution in [3.05, 3.63) is 55.6 Å². The molecule has 0 aliphatic rings. The molecule has 7 heteroatoms. The van der Waals surface area contributed by atoms with Gasteiger partial charge in [0.05, 0.1) is 15.8 Å². The highest BCUT2D eigenvalue weighted by Gasteiger charge is 2.10. The number of amides is 1. The van der Waals surface area contributed by atoms with E-state index in [4.69, 9.17) is 4.42 Å². The number of aromatic nitrogens is 1. The topological polar surface area (TPSA) is 64.2 Å². The molecular formula is C15H13BrN2O3S. The van der Waals surface area contributed by atoms with Crippen LogP contribution in [0.1, 0.15) is 11.3 Å². The normalized spacial score (nSPS) is 11.0. The molecule has 3 rings (SSSR count). The molecule has 0 spiro atoms. The highest BCUT2D eigenvalue weighted by molar-refractivity contribution is 9.11. The summed E-state index contributed by atoms with van der Waals surface area (Å²) in [6, 6.07) is 11.1. The van der Waals surface area contributed by atoms with E-state index in [1.165, 1.54) is 4.57 Å². The van der Waals surface area contributed by atoms with Crippen LogP contribution in [-0.4, -0.2) is 10.5 Å². The van der Waals surface area contributed by atoms with Crippen molar-refractivity contribution in [1.82, 2.24) is 9.88 Å². The molecular weight excluding hydrogens is 368 g/mol. The number of oxazole rings is 1. The maximum absolute atomic E-state index is 11.9. The Labute approximate surface area is 138 Å². The van der Waals surface area contributed by atoms with E-state index in [1.807, 2.05) is 24.3 Å². The summed E-state index contributed by atoms with van der Waals surface area (Å²) in [6.45, 7) is 0.798. The Morgan fingerprint density at radius 1 is 1.27 bits per heavy atom. The van der Waals surface area contributed by atoms with Gasteiger partial charge in [0.15, 0.2) is 5.58 Å². The van der Waals surface area contributed by atoms with E-state index in [-0.39, 0.29) is 12.3 Å². The SMILES string of the molecule is O=C(CCn1c(=O)oc2ccccc21)NCc1ccc(Br)s1. The number of para-hydroxylation sites is 2. The van der Waals surface area contributed by atoms with Gasteiger partial charge < -0.3 is 9.73 Å². The molecule has 0 fully saturated rings. The standard InChI is InChI=1S/C15H13BrN2O3S/c16-13-6-5-10(22-13)9-17-14(19)7-8-18-11-3-1-2-4-12(11)21-15(18)20/h1-6H,7-9H2,(H,17,19). The summed E-state index contributed by atoms with van der Waals surface area (Å²) in [4.78, 5) is 24.8. The molecule has 114 valence electrons. The average molecular weight is 381 g/mol. The van der Waals surface area contributed by atoms with Crippen LogP contribution < -0.4 is 11.1 Å². The summed E-state index contributed by atoms with van der Waals surface area (Å²) in [5.41, 5.74) is 1.25. The average Bonchev–Trinajstić information content (AvgIpc) is 3.05. The largest absolute Gasteiger partial charge is 0.419 e. The first kappa shape index (κ1) is 15.1. The van der Waals surface area contributed by atoms with Crippen LogP contribution in [-0.2, 0) is 17.9 Å². The van der Waals surface area contributed by atoms with Crippen molar-refractivity contribution in [2.75, 3.05) is 0 Å². The van der Waals surface area contributed by atoms with Gasteiger partial charge in [-0.15, -0.1) is 11.3 Å². The quantitative estimate of drug-likeness (QED) is 0.739. The first-order chi connectivity index (χ1) is 10.6. The molecule has 0 saturated carbocycles. The van der Waals surface area contributed by atoms with Crippen molar-refractivity contribution in [3.8, 4) is 0 Å². The first-order valence-electron chi connectivity index (χ1n) is 6.73. The Balaban J connectivity index is 1.60. The van der Waals surface area contributed by atoms with Crippen LogP contribution in [0, 0.1) is 0 Å². The van der Waals surface area contributed by atoms with E-state index in [1.54, 1.807) is 23.5 Å².